The molecule has 0 radical (unpaired) electrons. The van der Waals surface area contributed by atoms with Gasteiger partial charge in [0.05, 0.1) is 0 Å². The van der Waals surface area contributed by atoms with Gasteiger partial charge in [0.15, 0.2) is 0 Å². The zero-order valence-corrected chi connectivity index (χ0v) is 6.66. The molecule has 0 atom stereocenters. The molecule has 0 nitrogen and oxygen atoms in total. The van der Waals surface area contributed by atoms with Gasteiger partial charge >= 0.3 is 0 Å². The van der Waals surface area contributed by atoms with E-state index in [0.29, 0.717) is 4.90 Å². The second-order valence-corrected chi connectivity index (χ2v) is 2.59. The molecule has 0 unspecified atom stereocenters. The highest BCUT2D eigenvalue weighted by Crippen LogP contribution is 2.15. The SMILES string of the molecule is BCc1cccc(S)c1F. The van der Waals surface area contributed by atoms with Crippen molar-refractivity contribution < 1.29 is 4.39 Å². The fraction of sp³-hybridized carbons (Fsp3) is 0.143. The first-order chi connectivity index (χ1) is 4.75. The molecule has 0 aliphatic heterocycles. The van der Waals surface area contributed by atoms with E-state index in [-0.39, 0.29) is 5.82 Å². The van der Waals surface area contributed by atoms with Gasteiger partial charge in [-0.3, -0.25) is 0 Å². The monoisotopic (exact) mass is 154 g/mol. The van der Waals surface area contributed by atoms with Crippen molar-refractivity contribution in [2.75, 3.05) is 0 Å². The molecule has 0 fully saturated rings. The average molecular weight is 154 g/mol. The van der Waals surface area contributed by atoms with E-state index >= 15 is 0 Å². The highest BCUT2D eigenvalue weighted by atomic mass is 32.1. The molecule has 0 N–H and O–H groups in total. The summed E-state index contributed by atoms with van der Waals surface area (Å²) in [7, 11) is 1.92. The predicted octanol–water partition coefficient (Wildman–Crippen LogP) is 1.25. The molecule has 1 aromatic rings. The van der Waals surface area contributed by atoms with E-state index in [1.54, 1.807) is 12.1 Å². The van der Waals surface area contributed by atoms with Crippen LogP contribution in [0.25, 0.3) is 0 Å². The molecule has 0 aromatic heterocycles. The van der Waals surface area contributed by atoms with Gasteiger partial charge in [-0.1, -0.05) is 18.5 Å². The van der Waals surface area contributed by atoms with Gasteiger partial charge in [-0.2, -0.15) is 0 Å². The summed E-state index contributed by atoms with van der Waals surface area (Å²) in [4.78, 5) is 0.430. The molecule has 1 rings (SSSR count). The predicted molar refractivity (Wildman–Crippen MR) is 45.9 cm³/mol. The van der Waals surface area contributed by atoms with Gasteiger partial charge in [0.1, 0.15) is 13.7 Å². The molecule has 3 heteroatoms. The summed E-state index contributed by atoms with van der Waals surface area (Å²) in [5.41, 5.74) is 0.729. The summed E-state index contributed by atoms with van der Waals surface area (Å²) in [6.07, 6.45) is 0.722. The standard InChI is InChI=1S/C7H8BFS/c8-4-5-2-1-3-6(10)7(5)9/h1-3,10H,4,8H2. The summed E-state index contributed by atoms with van der Waals surface area (Å²) in [6.45, 7) is 0. The van der Waals surface area contributed by atoms with E-state index in [0.717, 1.165) is 11.9 Å². The number of hydrogen-bond acceptors (Lipinski definition) is 1. The number of benzene rings is 1. The highest BCUT2D eigenvalue weighted by molar-refractivity contribution is 7.80. The van der Waals surface area contributed by atoms with E-state index in [1.807, 2.05) is 13.9 Å². The van der Waals surface area contributed by atoms with Crippen LogP contribution in [0.4, 0.5) is 4.39 Å². The molecule has 1 aromatic carbocycles. The van der Waals surface area contributed by atoms with Crippen LogP contribution in [0.15, 0.2) is 23.1 Å². The molecular formula is C7H8BFS. The van der Waals surface area contributed by atoms with E-state index in [9.17, 15) is 4.39 Å². The third kappa shape index (κ3) is 1.35. The second kappa shape index (κ2) is 3.10. The van der Waals surface area contributed by atoms with E-state index in [1.165, 1.54) is 0 Å². The number of thiol groups is 1. The van der Waals surface area contributed by atoms with Crippen molar-refractivity contribution in [2.45, 2.75) is 11.2 Å². The van der Waals surface area contributed by atoms with Crippen LogP contribution < -0.4 is 0 Å². The molecule has 0 aliphatic carbocycles. The van der Waals surface area contributed by atoms with Crippen molar-refractivity contribution in [2.24, 2.45) is 0 Å². The number of halogens is 1. The molecule has 52 valence electrons. The quantitative estimate of drug-likeness (QED) is 0.456. The van der Waals surface area contributed by atoms with Crippen LogP contribution in [0.1, 0.15) is 5.56 Å². The van der Waals surface area contributed by atoms with Crippen molar-refractivity contribution in [1.82, 2.24) is 0 Å². The van der Waals surface area contributed by atoms with E-state index in [4.69, 9.17) is 0 Å². The summed E-state index contributed by atoms with van der Waals surface area (Å²) < 4.78 is 12.9. The number of hydrogen-bond donors (Lipinski definition) is 1. The first kappa shape index (κ1) is 7.67. The Bertz CT molecular complexity index is 237. The molecule has 10 heavy (non-hydrogen) atoms. The van der Waals surface area contributed by atoms with Gasteiger partial charge in [0, 0.05) is 4.90 Å². The molecule has 0 bridgehead atoms. The smallest absolute Gasteiger partial charge is 0.138 e. The van der Waals surface area contributed by atoms with Crippen LogP contribution in [0.3, 0.4) is 0 Å². The average Bonchev–Trinajstić information content (AvgIpc) is 1.95. The topological polar surface area (TPSA) is 0 Å². The van der Waals surface area contributed by atoms with Crippen molar-refractivity contribution in [1.29, 1.82) is 0 Å². The normalized spacial score (nSPS) is 9.80. The highest BCUT2D eigenvalue weighted by Gasteiger charge is 2.00. The second-order valence-electron chi connectivity index (χ2n) is 2.10. The van der Waals surface area contributed by atoms with Gasteiger partial charge in [-0.15, -0.1) is 12.6 Å². The molecule has 0 heterocycles. The molecule has 0 saturated carbocycles. The van der Waals surface area contributed by atoms with Gasteiger partial charge in [-0.05, 0) is 11.6 Å². The summed E-state index contributed by atoms with van der Waals surface area (Å²) in [5.74, 6) is -0.187. The van der Waals surface area contributed by atoms with Crippen LogP contribution >= 0.6 is 12.6 Å². The maximum absolute atomic E-state index is 12.9. The van der Waals surface area contributed by atoms with Gasteiger partial charge in [0.25, 0.3) is 0 Å². The minimum absolute atomic E-state index is 0.187. The largest absolute Gasteiger partial charge is 0.206 e. The first-order valence-corrected chi connectivity index (χ1v) is 3.66. The Morgan fingerprint density at radius 3 is 2.70 bits per heavy atom. The zero-order chi connectivity index (χ0) is 7.56. The third-order valence-corrected chi connectivity index (χ3v) is 1.78. The first-order valence-electron chi connectivity index (χ1n) is 3.22. The maximum Gasteiger partial charge on any atom is 0.138 e. The summed E-state index contributed by atoms with van der Waals surface area (Å²) in [6, 6.07) is 5.23. The Hall–Kier alpha value is -0.435. The van der Waals surface area contributed by atoms with Crippen molar-refractivity contribution in [3.63, 3.8) is 0 Å². The van der Waals surface area contributed by atoms with Crippen LogP contribution in [0.5, 0.6) is 0 Å². The lowest BCUT2D eigenvalue weighted by molar-refractivity contribution is 0.592. The molecule has 0 amide bonds. The van der Waals surface area contributed by atoms with Gasteiger partial charge in [-0.25, -0.2) is 4.39 Å². The summed E-state index contributed by atoms with van der Waals surface area (Å²) >= 11 is 3.95. The maximum atomic E-state index is 12.9. The lowest BCUT2D eigenvalue weighted by atomic mass is 9.97. The Labute approximate surface area is 66.3 Å². The lowest BCUT2D eigenvalue weighted by Gasteiger charge is -1.99. The third-order valence-electron chi connectivity index (χ3n) is 1.44. The van der Waals surface area contributed by atoms with Gasteiger partial charge in [0.2, 0.25) is 0 Å². The van der Waals surface area contributed by atoms with Crippen molar-refractivity contribution in [3.05, 3.63) is 29.6 Å². The van der Waals surface area contributed by atoms with Gasteiger partial charge < -0.3 is 0 Å². The summed E-state index contributed by atoms with van der Waals surface area (Å²) in [5, 5.41) is 0. The lowest BCUT2D eigenvalue weighted by Crippen LogP contribution is -1.90. The van der Waals surface area contributed by atoms with Crippen LogP contribution in [0, 0.1) is 5.82 Å². The van der Waals surface area contributed by atoms with Crippen LogP contribution in [-0.4, -0.2) is 7.85 Å². The van der Waals surface area contributed by atoms with E-state index in [2.05, 4.69) is 12.6 Å². The van der Waals surface area contributed by atoms with Crippen LogP contribution in [0.2, 0.25) is 0 Å². The zero-order valence-electron chi connectivity index (χ0n) is 5.76. The van der Waals surface area contributed by atoms with Crippen molar-refractivity contribution in [3.8, 4) is 0 Å². The molecule has 0 spiro atoms. The minimum Gasteiger partial charge on any atom is -0.206 e. The Kier molecular flexibility index (Phi) is 2.38. The molecule has 0 aliphatic rings. The Morgan fingerprint density at radius 1 is 1.50 bits per heavy atom. The molecular weight excluding hydrogens is 146 g/mol. The van der Waals surface area contributed by atoms with Crippen LogP contribution in [-0.2, 0) is 6.32 Å². The van der Waals surface area contributed by atoms with Crippen molar-refractivity contribution >= 4 is 20.5 Å². The number of rotatable bonds is 1. The Balaban J connectivity index is 3.14. The molecule has 0 saturated heterocycles. The Morgan fingerprint density at radius 2 is 2.20 bits per heavy atom. The fourth-order valence-electron chi connectivity index (χ4n) is 0.839. The van der Waals surface area contributed by atoms with E-state index < -0.39 is 0 Å². The minimum atomic E-state index is -0.187. The fourth-order valence-corrected chi connectivity index (χ4v) is 1.07.